The third-order valence-electron chi connectivity index (χ3n) is 1.22. The van der Waals surface area contributed by atoms with Gasteiger partial charge in [0, 0.05) is 6.42 Å². The summed E-state index contributed by atoms with van der Waals surface area (Å²) in [5, 5.41) is 0. The summed E-state index contributed by atoms with van der Waals surface area (Å²) in [5.74, 6) is 0.813. The van der Waals surface area contributed by atoms with E-state index in [2.05, 4.69) is 9.47 Å². The number of Topliss-reactive ketones (excluding diaryl/α,β-unsaturated/α-hetero) is 1. The Balaban J connectivity index is 0. The molecule has 90 valence electrons. The number of carbonyl (C=O) groups excluding carboxylic acids is 2. The predicted octanol–water partition coefficient (Wildman–Crippen LogP) is 2.80. The number of ketones is 1. The summed E-state index contributed by atoms with van der Waals surface area (Å²) < 4.78 is 8.84. The Morgan fingerprint density at radius 1 is 1.07 bits per heavy atom. The molecule has 0 amide bonds. The number of ether oxygens (including phenoxy) is 2. The molecule has 0 N–H and O–H groups in total. The Kier molecular flexibility index (Phi) is 12.0. The Bertz CT molecular complexity index is 167. The van der Waals surface area contributed by atoms with Crippen LogP contribution in [0.2, 0.25) is 0 Å². The van der Waals surface area contributed by atoms with Crippen molar-refractivity contribution in [1.29, 1.82) is 0 Å². The van der Waals surface area contributed by atoms with Crippen molar-refractivity contribution in [2.75, 3.05) is 13.2 Å². The molecule has 0 aliphatic carbocycles. The minimum Gasteiger partial charge on any atom is -0.435 e. The molecule has 15 heavy (non-hydrogen) atoms. The van der Waals surface area contributed by atoms with Crippen LogP contribution in [0.3, 0.4) is 0 Å². The molecule has 0 rings (SSSR count). The zero-order valence-electron chi connectivity index (χ0n) is 10.3. The van der Waals surface area contributed by atoms with Crippen molar-refractivity contribution < 1.29 is 19.1 Å². The maximum absolute atomic E-state index is 10.3. The van der Waals surface area contributed by atoms with Crippen LogP contribution in [0.4, 0.5) is 4.79 Å². The maximum Gasteiger partial charge on any atom is 0.508 e. The first-order chi connectivity index (χ1) is 6.93. The minimum atomic E-state index is -0.588. The molecule has 0 saturated carbocycles. The molecular formula is C11H22O4. The lowest BCUT2D eigenvalue weighted by molar-refractivity contribution is -0.117. The van der Waals surface area contributed by atoms with Gasteiger partial charge in [-0.15, -0.1) is 0 Å². The largest absolute Gasteiger partial charge is 0.508 e. The van der Waals surface area contributed by atoms with Crippen LogP contribution in [0.15, 0.2) is 0 Å². The van der Waals surface area contributed by atoms with Gasteiger partial charge in [0.2, 0.25) is 0 Å². The van der Waals surface area contributed by atoms with Gasteiger partial charge in [0.1, 0.15) is 5.78 Å². The quantitative estimate of drug-likeness (QED) is 0.681. The van der Waals surface area contributed by atoms with E-state index in [1.165, 1.54) is 0 Å². The summed E-state index contributed by atoms with van der Waals surface area (Å²) in [7, 11) is 0. The van der Waals surface area contributed by atoms with Gasteiger partial charge < -0.3 is 14.3 Å². The van der Waals surface area contributed by atoms with Crippen LogP contribution in [0.25, 0.3) is 0 Å². The van der Waals surface area contributed by atoms with Gasteiger partial charge >= 0.3 is 6.16 Å². The molecule has 4 nitrogen and oxygen atoms in total. The predicted molar refractivity (Wildman–Crippen MR) is 58.8 cm³/mol. The lowest BCUT2D eigenvalue weighted by Crippen LogP contribution is -2.05. The number of carbonyl (C=O) groups is 2. The van der Waals surface area contributed by atoms with Gasteiger partial charge in [-0.25, -0.2) is 4.79 Å². The average Bonchev–Trinajstić information content (AvgIpc) is 2.03. The first-order valence-electron chi connectivity index (χ1n) is 5.22. The maximum atomic E-state index is 10.3. The summed E-state index contributed by atoms with van der Waals surface area (Å²) in [6.07, 6.45) is 0.134. The smallest absolute Gasteiger partial charge is 0.435 e. The van der Waals surface area contributed by atoms with Gasteiger partial charge in [-0.3, -0.25) is 0 Å². The van der Waals surface area contributed by atoms with Crippen molar-refractivity contribution in [3.05, 3.63) is 0 Å². The average molecular weight is 218 g/mol. The lowest BCUT2D eigenvalue weighted by atomic mass is 10.1. The first kappa shape index (κ1) is 16.4. The second-order valence-corrected chi connectivity index (χ2v) is 3.42. The van der Waals surface area contributed by atoms with E-state index in [1.54, 1.807) is 20.8 Å². The molecule has 0 aromatic heterocycles. The van der Waals surface area contributed by atoms with Crippen molar-refractivity contribution >= 4 is 11.9 Å². The second kappa shape index (κ2) is 11.0. The van der Waals surface area contributed by atoms with Gasteiger partial charge in [-0.2, -0.15) is 0 Å². The Hall–Kier alpha value is -1.06. The van der Waals surface area contributed by atoms with Crippen LogP contribution in [0.1, 0.15) is 41.0 Å². The molecule has 0 aliphatic heterocycles. The molecule has 0 aromatic rings. The monoisotopic (exact) mass is 218 g/mol. The van der Waals surface area contributed by atoms with Crippen LogP contribution >= 0.6 is 0 Å². The highest BCUT2D eigenvalue weighted by molar-refractivity contribution is 5.75. The van der Waals surface area contributed by atoms with Gasteiger partial charge in [0.15, 0.2) is 0 Å². The fraction of sp³-hybridized carbons (Fsp3) is 0.818. The normalized spacial score (nSPS) is 8.93. The third kappa shape index (κ3) is 19.4. The highest BCUT2D eigenvalue weighted by atomic mass is 16.7. The molecule has 0 heterocycles. The van der Waals surface area contributed by atoms with Gasteiger partial charge in [0.25, 0.3) is 0 Å². The standard InChI is InChI=1S/C6H12O.C5H10O3/c1-5(2)4-6(3)7;1-3-7-5(6)8-4-2/h5H,4H2,1-3H3;3-4H2,1-2H3. The van der Waals surface area contributed by atoms with Gasteiger partial charge in [0.05, 0.1) is 13.2 Å². The van der Waals surface area contributed by atoms with Gasteiger partial charge in [-0.05, 0) is 26.7 Å². The zero-order valence-corrected chi connectivity index (χ0v) is 10.3. The fourth-order valence-corrected chi connectivity index (χ4v) is 0.852. The van der Waals surface area contributed by atoms with E-state index in [1.807, 2.05) is 13.8 Å². The van der Waals surface area contributed by atoms with Gasteiger partial charge in [-0.1, -0.05) is 13.8 Å². The first-order valence-corrected chi connectivity index (χ1v) is 5.22. The molecular weight excluding hydrogens is 196 g/mol. The molecule has 0 saturated heterocycles. The fourth-order valence-electron chi connectivity index (χ4n) is 0.852. The Labute approximate surface area is 91.9 Å². The van der Waals surface area contributed by atoms with Crippen molar-refractivity contribution in [2.24, 2.45) is 5.92 Å². The minimum absolute atomic E-state index is 0.287. The van der Waals surface area contributed by atoms with Crippen molar-refractivity contribution in [3.8, 4) is 0 Å². The van der Waals surface area contributed by atoms with Crippen LogP contribution in [0.5, 0.6) is 0 Å². The Morgan fingerprint density at radius 2 is 1.47 bits per heavy atom. The molecule has 0 unspecified atom stereocenters. The summed E-state index contributed by atoms with van der Waals surface area (Å²) in [5.41, 5.74) is 0. The molecule has 0 spiro atoms. The zero-order chi connectivity index (χ0) is 12.3. The SMILES string of the molecule is CC(=O)CC(C)C.CCOC(=O)OCC. The van der Waals surface area contributed by atoms with E-state index in [0.717, 1.165) is 6.42 Å². The topological polar surface area (TPSA) is 52.6 Å². The third-order valence-corrected chi connectivity index (χ3v) is 1.22. The molecule has 0 bridgehead atoms. The number of hydrogen-bond donors (Lipinski definition) is 0. The van der Waals surface area contributed by atoms with Crippen LogP contribution in [0, 0.1) is 5.92 Å². The van der Waals surface area contributed by atoms with E-state index < -0.39 is 6.16 Å². The van der Waals surface area contributed by atoms with Crippen LogP contribution in [-0.2, 0) is 14.3 Å². The van der Waals surface area contributed by atoms with E-state index in [9.17, 15) is 9.59 Å². The summed E-state index contributed by atoms with van der Waals surface area (Å²) >= 11 is 0. The van der Waals surface area contributed by atoms with Crippen molar-refractivity contribution in [3.63, 3.8) is 0 Å². The summed E-state index contributed by atoms with van der Waals surface area (Å²) in [4.78, 5) is 20.5. The highest BCUT2D eigenvalue weighted by Gasteiger charge is 1.96. The van der Waals surface area contributed by atoms with E-state index in [-0.39, 0.29) is 5.78 Å². The molecule has 0 radical (unpaired) electrons. The van der Waals surface area contributed by atoms with E-state index in [4.69, 9.17) is 0 Å². The van der Waals surface area contributed by atoms with Crippen molar-refractivity contribution in [2.45, 2.75) is 41.0 Å². The Morgan fingerprint density at radius 3 is 1.60 bits per heavy atom. The number of rotatable bonds is 4. The molecule has 0 atom stereocenters. The van der Waals surface area contributed by atoms with E-state index >= 15 is 0 Å². The van der Waals surface area contributed by atoms with E-state index in [0.29, 0.717) is 19.1 Å². The van der Waals surface area contributed by atoms with Crippen LogP contribution in [-0.4, -0.2) is 25.2 Å². The molecule has 0 aromatic carbocycles. The molecule has 0 fully saturated rings. The second-order valence-electron chi connectivity index (χ2n) is 3.42. The van der Waals surface area contributed by atoms with Crippen molar-refractivity contribution in [1.82, 2.24) is 0 Å². The number of hydrogen-bond acceptors (Lipinski definition) is 4. The molecule has 4 heteroatoms. The highest BCUT2D eigenvalue weighted by Crippen LogP contribution is 1.97. The lowest BCUT2D eigenvalue weighted by Gasteiger charge is -1.98. The molecule has 0 aliphatic rings. The summed E-state index contributed by atoms with van der Waals surface area (Å²) in [6, 6.07) is 0. The van der Waals surface area contributed by atoms with Crippen LogP contribution < -0.4 is 0 Å². The summed E-state index contributed by atoms with van der Waals surface area (Å²) in [6.45, 7) is 9.92.